The van der Waals surface area contributed by atoms with Gasteiger partial charge in [-0.2, -0.15) is 5.26 Å². The topological polar surface area (TPSA) is 77.8 Å². The van der Waals surface area contributed by atoms with Crippen LogP contribution >= 0.6 is 0 Å². The van der Waals surface area contributed by atoms with Crippen molar-refractivity contribution in [2.75, 3.05) is 38.3 Å². The Kier molecular flexibility index (Phi) is 10.6. The fourth-order valence-electron chi connectivity index (χ4n) is 3.46. The molecule has 2 aromatic carbocycles. The Bertz CT molecular complexity index is 891. The Morgan fingerprint density at radius 2 is 1.91 bits per heavy atom. The van der Waals surface area contributed by atoms with Crippen LogP contribution in [0.25, 0.3) is 0 Å². The molecule has 0 aliphatic rings. The maximum atomic E-state index is 14.2. The molecule has 0 saturated carbocycles. The Labute approximate surface area is 196 Å². The van der Waals surface area contributed by atoms with Gasteiger partial charge in [0, 0.05) is 30.9 Å². The molecule has 1 atom stereocenters. The molecule has 2 aromatic rings. The average molecular weight is 458 g/mol. The van der Waals surface area contributed by atoms with Gasteiger partial charge >= 0.3 is 0 Å². The summed E-state index contributed by atoms with van der Waals surface area (Å²) in [6.45, 7) is 8.73. The number of nitrogens with zero attached hydrogens (tertiary/aromatic N) is 2. The Balaban J connectivity index is 1.99. The zero-order chi connectivity index (χ0) is 24.3. The molecule has 180 valence electrons. The summed E-state index contributed by atoms with van der Waals surface area (Å²) in [6.07, 6.45) is 1.26. The van der Waals surface area contributed by atoms with Gasteiger partial charge in [-0.15, -0.1) is 0 Å². The molecule has 1 unspecified atom stereocenters. The molecular weight excluding hydrogens is 421 g/mol. The van der Waals surface area contributed by atoms with Gasteiger partial charge in [-0.1, -0.05) is 6.07 Å². The van der Waals surface area contributed by atoms with Crippen LogP contribution in [0.15, 0.2) is 42.5 Å². The van der Waals surface area contributed by atoms with Crippen LogP contribution < -0.4 is 15.0 Å². The molecule has 2 rings (SSSR count). The maximum absolute atomic E-state index is 14.2. The second-order valence-electron chi connectivity index (χ2n) is 9.04. The molecule has 0 bridgehead atoms. The van der Waals surface area contributed by atoms with Crippen molar-refractivity contribution in [2.24, 2.45) is 0 Å². The third-order valence-corrected chi connectivity index (χ3v) is 5.22. The van der Waals surface area contributed by atoms with Crippen LogP contribution in [0.3, 0.4) is 0 Å². The van der Waals surface area contributed by atoms with E-state index in [0.717, 1.165) is 24.2 Å². The first-order valence-corrected chi connectivity index (χ1v) is 11.3. The molecule has 0 saturated heterocycles. The van der Waals surface area contributed by atoms with Crippen LogP contribution in [-0.4, -0.2) is 50.2 Å². The first-order valence-electron chi connectivity index (χ1n) is 11.3. The Hall–Kier alpha value is -2.66. The van der Waals surface area contributed by atoms with E-state index >= 15 is 0 Å². The number of halogens is 1. The van der Waals surface area contributed by atoms with Crippen LogP contribution in [-0.2, 0) is 11.3 Å². The summed E-state index contributed by atoms with van der Waals surface area (Å²) in [7, 11) is 1.44. The summed E-state index contributed by atoms with van der Waals surface area (Å²) in [4.78, 5) is 2.14. The second kappa shape index (κ2) is 13.1. The van der Waals surface area contributed by atoms with Gasteiger partial charge in [0.25, 0.3) is 0 Å². The predicted octanol–water partition coefficient (Wildman–Crippen LogP) is 4.26. The summed E-state index contributed by atoms with van der Waals surface area (Å²) in [5.74, 6) is -0.181. The van der Waals surface area contributed by atoms with E-state index in [-0.39, 0.29) is 24.0 Å². The van der Waals surface area contributed by atoms with E-state index in [0.29, 0.717) is 31.7 Å². The van der Waals surface area contributed by atoms with Crippen molar-refractivity contribution < 1.29 is 19.0 Å². The molecule has 0 aliphatic heterocycles. The summed E-state index contributed by atoms with van der Waals surface area (Å²) >= 11 is 0. The van der Waals surface area contributed by atoms with Crippen molar-refractivity contribution >= 4 is 5.69 Å². The van der Waals surface area contributed by atoms with E-state index < -0.39 is 5.82 Å². The summed E-state index contributed by atoms with van der Waals surface area (Å²) < 4.78 is 25.0. The van der Waals surface area contributed by atoms with Crippen molar-refractivity contribution in [1.29, 1.82) is 5.26 Å². The lowest BCUT2D eigenvalue weighted by Crippen LogP contribution is -2.38. The van der Waals surface area contributed by atoms with Gasteiger partial charge < -0.3 is 24.8 Å². The van der Waals surface area contributed by atoms with Gasteiger partial charge in [0.2, 0.25) is 0 Å². The number of rotatable bonds is 13. The highest BCUT2D eigenvalue weighted by molar-refractivity contribution is 5.50. The van der Waals surface area contributed by atoms with Crippen LogP contribution in [0.5, 0.6) is 5.75 Å². The summed E-state index contributed by atoms with van der Waals surface area (Å²) in [5, 5.41) is 22.2. The SMILES string of the molecule is COc1ccc(CN(CCCC(CO)OCCNC(C)(C)C)c2ccc(C#N)cc2)cc1F. The Morgan fingerprint density at radius 1 is 1.18 bits per heavy atom. The fraction of sp³-hybridized carbons (Fsp3) is 0.500. The molecule has 0 aliphatic carbocycles. The molecule has 0 aromatic heterocycles. The zero-order valence-corrected chi connectivity index (χ0v) is 20.1. The number of ether oxygens (including phenoxy) is 2. The summed E-state index contributed by atoms with van der Waals surface area (Å²) in [5.41, 5.74) is 2.38. The van der Waals surface area contributed by atoms with Crippen molar-refractivity contribution in [2.45, 2.75) is 51.8 Å². The van der Waals surface area contributed by atoms with Crippen molar-refractivity contribution in [3.8, 4) is 11.8 Å². The minimum absolute atomic E-state index is 0.0284. The number of anilines is 1. The van der Waals surface area contributed by atoms with E-state index in [2.05, 4.69) is 37.1 Å². The molecule has 0 radical (unpaired) electrons. The van der Waals surface area contributed by atoms with E-state index in [1.807, 2.05) is 18.2 Å². The molecular formula is C26H36FN3O3. The predicted molar refractivity (Wildman–Crippen MR) is 129 cm³/mol. The Morgan fingerprint density at radius 3 is 2.48 bits per heavy atom. The van der Waals surface area contributed by atoms with Gasteiger partial charge in [0.05, 0.1) is 38.1 Å². The second-order valence-corrected chi connectivity index (χ2v) is 9.04. The van der Waals surface area contributed by atoms with Gasteiger partial charge in [-0.25, -0.2) is 4.39 Å². The number of hydrogen-bond donors (Lipinski definition) is 2. The maximum Gasteiger partial charge on any atom is 0.165 e. The highest BCUT2D eigenvalue weighted by Crippen LogP contribution is 2.23. The number of aliphatic hydroxyl groups is 1. The number of nitrogens with one attached hydrogen (secondary N) is 1. The molecule has 0 heterocycles. The van der Waals surface area contributed by atoms with Gasteiger partial charge in [-0.05, 0) is 75.6 Å². The third-order valence-electron chi connectivity index (χ3n) is 5.22. The molecule has 0 spiro atoms. The van der Waals surface area contributed by atoms with Gasteiger partial charge in [-0.3, -0.25) is 0 Å². The highest BCUT2D eigenvalue weighted by Gasteiger charge is 2.14. The standard InChI is InChI=1S/C26H36FN3O3/c1-26(2,3)29-13-15-33-23(19-31)6-5-14-30(22-10-7-20(17-28)8-11-22)18-21-9-12-25(32-4)24(27)16-21/h7-12,16,23,29,31H,5-6,13-15,18-19H2,1-4H3. The summed E-state index contributed by atoms with van der Waals surface area (Å²) in [6, 6.07) is 14.4. The number of benzene rings is 2. The normalized spacial score (nSPS) is 12.3. The fourth-order valence-corrected chi connectivity index (χ4v) is 3.46. The lowest BCUT2D eigenvalue weighted by atomic mass is 10.1. The van der Waals surface area contributed by atoms with E-state index in [4.69, 9.17) is 14.7 Å². The van der Waals surface area contributed by atoms with Crippen LogP contribution in [0.4, 0.5) is 10.1 Å². The molecule has 0 fully saturated rings. The first kappa shape index (κ1) is 26.6. The molecule has 7 heteroatoms. The minimum atomic E-state index is -0.396. The monoisotopic (exact) mass is 457 g/mol. The van der Waals surface area contributed by atoms with Crippen molar-refractivity contribution in [1.82, 2.24) is 5.32 Å². The van der Waals surface area contributed by atoms with Crippen LogP contribution in [0.2, 0.25) is 0 Å². The molecule has 2 N–H and O–H groups in total. The van der Waals surface area contributed by atoms with Crippen molar-refractivity contribution in [3.05, 3.63) is 59.4 Å². The minimum Gasteiger partial charge on any atom is -0.494 e. The van der Waals surface area contributed by atoms with E-state index in [1.165, 1.54) is 13.2 Å². The van der Waals surface area contributed by atoms with E-state index in [9.17, 15) is 9.50 Å². The number of hydrogen-bond acceptors (Lipinski definition) is 6. The first-order chi connectivity index (χ1) is 15.8. The largest absolute Gasteiger partial charge is 0.494 e. The zero-order valence-electron chi connectivity index (χ0n) is 20.1. The van der Waals surface area contributed by atoms with E-state index in [1.54, 1.807) is 18.2 Å². The molecule has 6 nitrogen and oxygen atoms in total. The highest BCUT2D eigenvalue weighted by atomic mass is 19.1. The lowest BCUT2D eigenvalue weighted by molar-refractivity contribution is 0.00749. The molecule has 0 amide bonds. The third kappa shape index (κ3) is 9.39. The molecule has 33 heavy (non-hydrogen) atoms. The smallest absolute Gasteiger partial charge is 0.165 e. The van der Waals surface area contributed by atoms with Crippen molar-refractivity contribution in [3.63, 3.8) is 0 Å². The van der Waals surface area contributed by atoms with Crippen LogP contribution in [0.1, 0.15) is 44.7 Å². The lowest BCUT2D eigenvalue weighted by Gasteiger charge is -2.26. The van der Waals surface area contributed by atoms with Gasteiger partial charge in [0.1, 0.15) is 0 Å². The number of methoxy groups -OCH3 is 1. The average Bonchev–Trinajstić information content (AvgIpc) is 2.79. The number of aliphatic hydroxyl groups excluding tert-OH is 1. The number of nitriles is 1. The quantitative estimate of drug-likeness (QED) is 0.438. The van der Waals surface area contributed by atoms with Crippen LogP contribution in [0, 0.1) is 17.1 Å². The van der Waals surface area contributed by atoms with Gasteiger partial charge in [0.15, 0.2) is 11.6 Å².